The number of rotatable bonds is 7. The van der Waals surface area contributed by atoms with Gasteiger partial charge in [0.1, 0.15) is 0 Å². The summed E-state index contributed by atoms with van der Waals surface area (Å²) in [5.41, 5.74) is 0.340. The van der Waals surface area contributed by atoms with Crippen molar-refractivity contribution < 1.29 is 19.1 Å². The van der Waals surface area contributed by atoms with Gasteiger partial charge in [0.25, 0.3) is 0 Å². The summed E-state index contributed by atoms with van der Waals surface area (Å²) in [7, 11) is 7.18. The Balaban J connectivity index is 5.73. The maximum atomic E-state index is 12.0. The van der Waals surface area contributed by atoms with E-state index in [1.807, 2.05) is 14.1 Å². The van der Waals surface area contributed by atoms with Gasteiger partial charge < -0.3 is 19.3 Å². The Kier molecular flexibility index (Phi) is 8.12. The number of allylic oxidation sites excluding steroid dienone is 1. The Morgan fingerprint density at radius 1 is 0.950 bits per heavy atom. The van der Waals surface area contributed by atoms with Crippen molar-refractivity contribution in [2.75, 3.05) is 41.4 Å². The molecule has 0 N–H and O–H groups in total. The molecule has 0 radical (unpaired) electrons. The van der Waals surface area contributed by atoms with Crippen molar-refractivity contribution in [3.8, 4) is 0 Å². The minimum absolute atomic E-state index is 0.100. The minimum atomic E-state index is -0.682. The van der Waals surface area contributed by atoms with Crippen molar-refractivity contribution in [1.82, 2.24) is 9.80 Å². The Bertz CT molecular complexity index is 378. The van der Waals surface area contributed by atoms with Gasteiger partial charge in [-0.3, -0.25) is 0 Å². The third-order valence-corrected chi connectivity index (χ3v) is 2.23. The maximum Gasteiger partial charge on any atom is 0.347 e. The highest BCUT2D eigenvalue weighted by molar-refractivity contribution is 6.15. The molecule has 0 fully saturated rings. The van der Waals surface area contributed by atoms with Gasteiger partial charge in [-0.05, 0) is 19.9 Å². The monoisotopic (exact) mass is 284 g/mol. The van der Waals surface area contributed by atoms with Gasteiger partial charge in [0.2, 0.25) is 0 Å². The molecule has 0 aliphatic carbocycles. The number of carbonyl (C=O) groups is 2. The van der Waals surface area contributed by atoms with Crippen LogP contribution in [0.25, 0.3) is 0 Å². The first-order chi connectivity index (χ1) is 9.34. The van der Waals surface area contributed by atoms with Crippen LogP contribution in [0.15, 0.2) is 23.5 Å². The molecule has 0 rings (SSSR count). The second kappa shape index (κ2) is 9.01. The maximum absolute atomic E-state index is 12.0. The summed E-state index contributed by atoms with van der Waals surface area (Å²) in [6.45, 7) is 3.76. The first-order valence-corrected chi connectivity index (χ1v) is 6.45. The number of hydrogen-bond donors (Lipinski definition) is 0. The highest BCUT2D eigenvalue weighted by Crippen LogP contribution is 2.14. The van der Waals surface area contributed by atoms with Gasteiger partial charge in [0.15, 0.2) is 5.57 Å². The standard InChI is InChI=1S/C14H24N2O4/c1-7-19-13(17)12(14(18)20-8-2)11(16(5)6)9-10-15(3)4/h9-10H,7-8H2,1-6H3. The fourth-order valence-corrected chi connectivity index (χ4v) is 1.37. The van der Waals surface area contributed by atoms with Crippen LogP contribution in [0.1, 0.15) is 13.8 Å². The van der Waals surface area contributed by atoms with Gasteiger partial charge in [-0.15, -0.1) is 0 Å². The Morgan fingerprint density at radius 3 is 1.70 bits per heavy atom. The fourth-order valence-electron chi connectivity index (χ4n) is 1.37. The van der Waals surface area contributed by atoms with Crippen LogP contribution in [0.3, 0.4) is 0 Å². The molecule has 0 heterocycles. The van der Waals surface area contributed by atoms with E-state index in [9.17, 15) is 9.59 Å². The third kappa shape index (κ3) is 5.77. The van der Waals surface area contributed by atoms with E-state index in [-0.39, 0.29) is 18.8 Å². The Morgan fingerprint density at radius 2 is 1.40 bits per heavy atom. The molecule has 6 heteroatoms. The van der Waals surface area contributed by atoms with E-state index < -0.39 is 11.9 Å². The molecular formula is C14H24N2O4. The summed E-state index contributed by atoms with van der Waals surface area (Å²) in [4.78, 5) is 27.5. The lowest BCUT2D eigenvalue weighted by molar-refractivity contribution is -0.146. The topological polar surface area (TPSA) is 59.1 Å². The molecule has 0 atom stereocenters. The van der Waals surface area contributed by atoms with Crippen LogP contribution in [0.4, 0.5) is 0 Å². The summed E-state index contributed by atoms with van der Waals surface area (Å²) in [5.74, 6) is -1.36. The van der Waals surface area contributed by atoms with E-state index in [2.05, 4.69) is 0 Å². The summed E-state index contributed by atoms with van der Waals surface area (Å²) in [6.07, 6.45) is 3.41. The normalized spacial score (nSPS) is 10.1. The summed E-state index contributed by atoms with van der Waals surface area (Å²) < 4.78 is 9.88. The van der Waals surface area contributed by atoms with Gasteiger partial charge in [-0.2, -0.15) is 0 Å². The lowest BCUT2D eigenvalue weighted by Crippen LogP contribution is -2.25. The number of nitrogens with zero attached hydrogens (tertiary/aromatic N) is 2. The van der Waals surface area contributed by atoms with E-state index in [1.54, 1.807) is 50.0 Å². The van der Waals surface area contributed by atoms with Crippen molar-refractivity contribution >= 4 is 11.9 Å². The Hall–Kier alpha value is -1.98. The third-order valence-electron chi connectivity index (χ3n) is 2.23. The lowest BCUT2D eigenvalue weighted by atomic mass is 10.2. The molecule has 0 amide bonds. The van der Waals surface area contributed by atoms with Gasteiger partial charge in [0.05, 0.1) is 18.9 Å². The van der Waals surface area contributed by atoms with Gasteiger partial charge >= 0.3 is 11.9 Å². The largest absolute Gasteiger partial charge is 0.462 e. The van der Waals surface area contributed by atoms with Crippen molar-refractivity contribution in [2.24, 2.45) is 0 Å². The summed E-state index contributed by atoms with van der Waals surface area (Å²) >= 11 is 0. The van der Waals surface area contributed by atoms with E-state index in [4.69, 9.17) is 9.47 Å². The van der Waals surface area contributed by atoms with Crippen LogP contribution in [-0.2, 0) is 19.1 Å². The van der Waals surface area contributed by atoms with E-state index in [1.165, 1.54) is 0 Å². The first kappa shape index (κ1) is 18.0. The van der Waals surface area contributed by atoms with Crippen molar-refractivity contribution in [1.29, 1.82) is 0 Å². The molecular weight excluding hydrogens is 260 g/mol. The zero-order valence-corrected chi connectivity index (χ0v) is 13.1. The molecule has 0 aromatic carbocycles. The molecule has 0 bridgehead atoms. The molecule has 0 spiro atoms. The molecule has 0 aromatic heterocycles. The minimum Gasteiger partial charge on any atom is -0.462 e. The predicted octanol–water partition coefficient (Wildman–Crippen LogP) is 1.00. The van der Waals surface area contributed by atoms with Crippen molar-refractivity contribution in [3.63, 3.8) is 0 Å². The fraction of sp³-hybridized carbons (Fsp3) is 0.571. The molecule has 6 nitrogen and oxygen atoms in total. The molecule has 0 saturated heterocycles. The zero-order valence-electron chi connectivity index (χ0n) is 13.1. The molecule has 114 valence electrons. The second-order valence-electron chi connectivity index (χ2n) is 4.37. The van der Waals surface area contributed by atoms with E-state index in [0.29, 0.717) is 5.70 Å². The molecule has 0 unspecified atom stereocenters. The van der Waals surface area contributed by atoms with Crippen LogP contribution in [-0.4, -0.2) is 63.1 Å². The van der Waals surface area contributed by atoms with Gasteiger partial charge in [0, 0.05) is 34.4 Å². The first-order valence-electron chi connectivity index (χ1n) is 6.45. The van der Waals surface area contributed by atoms with Crippen LogP contribution in [0, 0.1) is 0 Å². The highest BCUT2D eigenvalue weighted by atomic mass is 16.6. The number of esters is 2. The lowest BCUT2D eigenvalue weighted by Gasteiger charge is -2.18. The SMILES string of the molecule is CCOC(=O)C(C(=O)OCC)=C(C=CN(C)C)N(C)C. The van der Waals surface area contributed by atoms with Crippen LogP contribution >= 0.6 is 0 Å². The zero-order chi connectivity index (χ0) is 15.7. The molecule has 0 aromatic rings. The van der Waals surface area contributed by atoms with Crippen molar-refractivity contribution in [2.45, 2.75) is 13.8 Å². The molecule has 0 saturated carbocycles. The molecule has 20 heavy (non-hydrogen) atoms. The average molecular weight is 284 g/mol. The van der Waals surface area contributed by atoms with Crippen LogP contribution < -0.4 is 0 Å². The summed E-state index contributed by atoms with van der Waals surface area (Å²) in [6, 6.07) is 0. The quantitative estimate of drug-likeness (QED) is 0.229. The van der Waals surface area contributed by atoms with Gasteiger partial charge in [-0.25, -0.2) is 9.59 Å². The highest BCUT2D eigenvalue weighted by Gasteiger charge is 2.26. The second-order valence-corrected chi connectivity index (χ2v) is 4.37. The van der Waals surface area contributed by atoms with E-state index >= 15 is 0 Å². The Labute approximate surface area is 120 Å². The number of carbonyl (C=O) groups excluding carboxylic acids is 2. The van der Waals surface area contributed by atoms with E-state index in [0.717, 1.165) is 0 Å². The number of hydrogen-bond acceptors (Lipinski definition) is 6. The smallest absolute Gasteiger partial charge is 0.347 e. The van der Waals surface area contributed by atoms with Crippen LogP contribution in [0.2, 0.25) is 0 Å². The van der Waals surface area contributed by atoms with Crippen molar-refractivity contribution in [3.05, 3.63) is 23.5 Å². The van der Waals surface area contributed by atoms with Crippen LogP contribution in [0.5, 0.6) is 0 Å². The molecule has 0 aliphatic heterocycles. The molecule has 0 aliphatic rings. The number of likely N-dealkylation sites (N-methyl/N-ethyl adjacent to an activating group) is 1. The average Bonchev–Trinajstić information content (AvgIpc) is 2.33. The predicted molar refractivity (Wildman–Crippen MR) is 76.8 cm³/mol. The van der Waals surface area contributed by atoms with Gasteiger partial charge in [-0.1, -0.05) is 0 Å². The number of ether oxygens (including phenoxy) is 2. The summed E-state index contributed by atoms with van der Waals surface area (Å²) in [5, 5.41) is 0.